The molecular formula is C31H25ClF2N6O4. The van der Waals surface area contributed by atoms with E-state index in [0.717, 1.165) is 45.0 Å². The molecule has 13 heteroatoms. The molecule has 1 aliphatic carbocycles. The summed E-state index contributed by atoms with van der Waals surface area (Å²) in [6.07, 6.45) is 4.63. The number of carbonyl (C=O) groups excluding carboxylic acids is 1. The molecule has 0 saturated carbocycles. The number of alkyl halides is 3. The molecule has 224 valence electrons. The predicted molar refractivity (Wildman–Crippen MR) is 157 cm³/mol. The SMILES string of the molecule is C[C@@H]1COCc2nc3cc(C(=O)Nc4ccc(OC(F)(F)Cl)cc4)cc(-c4cnc5c(c4)-c4nn(C6COC6)cc4C5)c3n21. The largest absolute Gasteiger partial charge is 0.487 e. The number of nitrogens with zero attached hydrogens (tertiary/aromatic N) is 5. The van der Waals surface area contributed by atoms with Crippen LogP contribution in [0.4, 0.5) is 14.5 Å². The van der Waals surface area contributed by atoms with E-state index in [1.54, 1.807) is 6.07 Å². The lowest BCUT2D eigenvalue weighted by molar-refractivity contribution is -0.0964. The summed E-state index contributed by atoms with van der Waals surface area (Å²) in [6, 6.07) is 11.5. The van der Waals surface area contributed by atoms with Crippen LogP contribution in [0.1, 0.15) is 46.4 Å². The summed E-state index contributed by atoms with van der Waals surface area (Å²) in [5.41, 5.74) is 4.12. The summed E-state index contributed by atoms with van der Waals surface area (Å²) in [7, 11) is 0. The molecule has 44 heavy (non-hydrogen) atoms. The number of fused-ring (bicyclic) bond motifs is 6. The van der Waals surface area contributed by atoms with Crippen LogP contribution in [-0.4, -0.2) is 55.6 Å². The molecule has 1 N–H and O–H groups in total. The summed E-state index contributed by atoms with van der Waals surface area (Å²) in [4.78, 5) is 23.2. The average molecular weight is 619 g/mol. The highest BCUT2D eigenvalue weighted by molar-refractivity contribution is 6.20. The fourth-order valence-corrected chi connectivity index (χ4v) is 6.15. The van der Waals surface area contributed by atoms with Crippen molar-refractivity contribution in [3.05, 3.63) is 77.5 Å². The molecule has 0 radical (unpaired) electrons. The summed E-state index contributed by atoms with van der Waals surface area (Å²) in [5.74, 6) is 0.254. The lowest BCUT2D eigenvalue weighted by Gasteiger charge is -2.26. The van der Waals surface area contributed by atoms with E-state index in [9.17, 15) is 13.6 Å². The van der Waals surface area contributed by atoms with E-state index in [4.69, 9.17) is 36.1 Å². The van der Waals surface area contributed by atoms with Gasteiger partial charge in [0, 0.05) is 63.9 Å². The third kappa shape index (κ3) is 4.70. The summed E-state index contributed by atoms with van der Waals surface area (Å²) >= 11 is 4.86. The first-order valence-corrected chi connectivity index (χ1v) is 14.5. The molecule has 0 spiro atoms. The number of nitrogens with one attached hydrogen (secondary N) is 1. The maximum atomic E-state index is 13.5. The number of hydrogen-bond acceptors (Lipinski definition) is 7. The van der Waals surface area contributed by atoms with Gasteiger partial charge in [-0.2, -0.15) is 5.10 Å². The minimum atomic E-state index is -3.83. The lowest BCUT2D eigenvalue weighted by atomic mass is 9.99. The van der Waals surface area contributed by atoms with Crippen molar-refractivity contribution in [2.75, 3.05) is 25.1 Å². The highest BCUT2D eigenvalue weighted by atomic mass is 35.5. The van der Waals surface area contributed by atoms with Crippen molar-refractivity contribution in [3.8, 4) is 28.1 Å². The number of carbonyl (C=O) groups is 1. The first-order valence-electron chi connectivity index (χ1n) is 14.2. The Morgan fingerprint density at radius 2 is 1.93 bits per heavy atom. The Hall–Kier alpha value is -4.39. The second-order valence-corrected chi connectivity index (χ2v) is 11.7. The smallest absolute Gasteiger partial charge is 0.420 e. The van der Waals surface area contributed by atoms with Crippen LogP contribution in [0.3, 0.4) is 0 Å². The summed E-state index contributed by atoms with van der Waals surface area (Å²) in [6.45, 7) is 4.31. The zero-order valence-electron chi connectivity index (χ0n) is 23.4. The Morgan fingerprint density at radius 3 is 2.68 bits per heavy atom. The van der Waals surface area contributed by atoms with Gasteiger partial charge in [-0.05, 0) is 49.4 Å². The third-order valence-electron chi connectivity index (χ3n) is 8.19. The molecule has 10 nitrogen and oxygen atoms in total. The Morgan fingerprint density at radius 1 is 1.11 bits per heavy atom. The van der Waals surface area contributed by atoms with Crippen molar-refractivity contribution in [2.45, 2.75) is 37.6 Å². The number of benzene rings is 2. The number of aromatic nitrogens is 5. The van der Waals surface area contributed by atoms with Gasteiger partial charge in [-0.15, -0.1) is 8.78 Å². The molecule has 2 aliphatic heterocycles. The number of imidazole rings is 1. The summed E-state index contributed by atoms with van der Waals surface area (Å²) in [5, 5.41) is 7.71. The number of ether oxygens (including phenoxy) is 3. The van der Waals surface area contributed by atoms with Crippen molar-refractivity contribution >= 4 is 34.2 Å². The molecule has 0 bridgehead atoms. The van der Waals surface area contributed by atoms with Crippen LogP contribution in [-0.2, 0) is 22.5 Å². The summed E-state index contributed by atoms with van der Waals surface area (Å²) < 4.78 is 45.6. The number of anilines is 1. The Bertz CT molecular complexity index is 1950. The van der Waals surface area contributed by atoms with Crippen LogP contribution >= 0.6 is 11.6 Å². The zero-order valence-corrected chi connectivity index (χ0v) is 24.1. The Balaban J connectivity index is 1.19. The topological polar surface area (TPSA) is 105 Å². The molecule has 0 unspecified atom stereocenters. The number of pyridine rings is 1. The molecule has 3 aliphatic rings. The second kappa shape index (κ2) is 10.1. The van der Waals surface area contributed by atoms with Gasteiger partial charge in [0.1, 0.15) is 18.2 Å². The van der Waals surface area contributed by atoms with Crippen molar-refractivity contribution in [3.63, 3.8) is 0 Å². The van der Waals surface area contributed by atoms with Gasteiger partial charge in [0.25, 0.3) is 5.91 Å². The van der Waals surface area contributed by atoms with Crippen LogP contribution < -0.4 is 10.1 Å². The fourth-order valence-electron chi connectivity index (χ4n) is 6.06. The number of rotatable bonds is 6. The van der Waals surface area contributed by atoms with Gasteiger partial charge in [-0.3, -0.25) is 14.5 Å². The predicted octanol–water partition coefficient (Wildman–Crippen LogP) is 5.95. The molecular weight excluding hydrogens is 594 g/mol. The van der Waals surface area contributed by atoms with E-state index in [2.05, 4.69) is 33.8 Å². The van der Waals surface area contributed by atoms with E-state index >= 15 is 0 Å². The standard InChI is InChI=1S/C31H25ClF2N6O4/c1-16-12-42-15-27-37-26-8-17(30(41)36-20-2-4-22(5-3-20)44-31(32,33)34)6-23(29(26)40(16)27)18-7-24-25(35-10-18)9-19-11-39(38-28(19)24)21-13-43-14-21/h2-8,10-11,16,21H,9,12-15H2,1H3,(H,36,41)/t16-/m1/s1. The molecule has 5 heterocycles. The number of amides is 1. The monoisotopic (exact) mass is 618 g/mol. The number of hydrogen-bond donors (Lipinski definition) is 1. The first-order chi connectivity index (χ1) is 21.2. The minimum Gasteiger partial charge on any atom is -0.420 e. The molecule has 1 saturated heterocycles. The lowest BCUT2D eigenvalue weighted by Crippen LogP contribution is -2.31. The van der Waals surface area contributed by atoms with Gasteiger partial charge in [0.15, 0.2) is 0 Å². The van der Waals surface area contributed by atoms with Gasteiger partial charge in [-0.25, -0.2) is 4.98 Å². The van der Waals surface area contributed by atoms with Gasteiger partial charge < -0.3 is 24.1 Å². The maximum absolute atomic E-state index is 13.5. The van der Waals surface area contributed by atoms with Crippen molar-refractivity contribution in [1.82, 2.24) is 24.3 Å². The molecule has 1 atom stereocenters. The van der Waals surface area contributed by atoms with E-state index in [1.165, 1.54) is 24.3 Å². The molecule has 1 amide bonds. The van der Waals surface area contributed by atoms with Crippen molar-refractivity contribution in [2.24, 2.45) is 0 Å². The molecule has 3 aromatic heterocycles. The van der Waals surface area contributed by atoms with Crippen LogP contribution in [0.25, 0.3) is 33.4 Å². The van der Waals surface area contributed by atoms with Crippen molar-refractivity contribution < 1.29 is 27.8 Å². The Labute approximate surface area is 254 Å². The van der Waals surface area contributed by atoms with Crippen molar-refractivity contribution in [1.29, 1.82) is 0 Å². The highest BCUT2D eigenvalue weighted by Crippen LogP contribution is 2.40. The molecule has 2 aromatic carbocycles. The zero-order chi connectivity index (χ0) is 30.2. The van der Waals surface area contributed by atoms with E-state index in [1.807, 2.05) is 16.9 Å². The normalized spacial score (nSPS) is 17.6. The van der Waals surface area contributed by atoms with E-state index in [-0.39, 0.29) is 17.8 Å². The minimum absolute atomic E-state index is 0.0395. The van der Waals surface area contributed by atoms with Gasteiger partial charge >= 0.3 is 5.57 Å². The third-order valence-corrected chi connectivity index (χ3v) is 8.27. The molecule has 5 aromatic rings. The quantitative estimate of drug-likeness (QED) is 0.230. The van der Waals surface area contributed by atoms with Gasteiger partial charge in [-0.1, -0.05) is 0 Å². The van der Waals surface area contributed by atoms with Crippen LogP contribution in [0.2, 0.25) is 0 Å². The van der Waals surface area contributed by atoms with Crippen LogP contribution in [0.5, 0.6) is 5.75 Å². The van der Waals surface area contributed by atoms with Gasteiger partial charge in [0.2, 0.25) is 0 Å². The van der Waals surface area contributed by atoms with E-state index < -0.39 is 11.5 Å². The second-order valence-electron chi connectivity index (χ2n) is 11.2. The van der Waals surface area contributed by atoms with Crippen LogP contribution in [0, 0.1) is 0 Å². The molecule has 1 fully saturated rings. The van der Waals surface area contributed by atoms with Gasteiger partial charge in [0.05, 0.1) is 54.3 Å². The first kappa shape index (κ1) is 27.2. The van der Waals surface area contributed by atoms with E-state index in [0.29, 0.717) is 49.6 Å². The molecule has 8 rings (SSSR count). The van der Waals surface area contributed by atoms with Crippen LogP contribution in [0.15, 0.2) is 54.9 Å². The fraction of sp³-hybridized carbons (Fsp3) is 0.290. The maximum Gasteiger partial charge on any atom is 0.487 e. The Kier molecular flexibility index (Phi) is 6.23. The average Bonchev–Trinajstić information content (AvgIpc) is 3.63. The highest BCUT2D eigenvalue weighted by Gasteiger charge is 2.30. The number of halogens is 3.